The van der Waals surface area contributed by atoms with Gasteiger partial charge < -0.3 is 14.0 Å². The van der Waals surface area contributed by atoms with Crippen LogP contribution in [0, 0.1) is 0 Å². The number of fused-ring (bicyclic) bond motifs is 1. The Morgan fingerprint density at radius 2 is 1.87 bits per heavy atom. The summed E-state index contributed by atoms with van der Waals surface area (Å²) in [4.78, 5) is 7.03. The summed E-state index contributed by atoms with van der Waals surface area (Å²) in [6.45, 7) is 3.68. The molecule has 6 heteroatoms. The molecule has 0 saturated heterocycles. The van der Waals surface area contributed by atoms with Crippen LogP contribution >= 0.6 is 0 Å². The predicted molar refractivity (Wildman–Crippen MR) is 115 cm³/mol. The third-order valence-corrected chi connectivity index (χ3v) is 5.69. The van der Waals surface area contributed by atoms with Gasteiger partial charge in [0.1, 0.15) is 0 Å². The first-order chi connectivity index (χ1) is 14.7. The van der Waals surface area contributed by atoms with Crippen LogP contribution < -0.4 is 9.47 Å². The molecule has 0 spiro atoms. The van der Waals surface area contributed by atoms with Gasteiger partial charge in [-0.15, -0.1) is 0 Å². The Hall–Kier alpha value is -2.86. The molecular weight excluding hydrogens is 378 g/mol. The summed E-state index contributed by atoms with van der Waals surface area (Å²) in [7, 11) is 3.36. The minimum atomic E-state index is 0.0840. The predicted octanol–water partition coefficient (Wildman–Crippen LogP) is 4.58. The number of hydrogen-bond acceptors (Lipinski definition) is 6. The molecule has 0 N–H and O–H groups in total. The van der Waals surface area contributed by atoms with E-state index >= 15 is 0 Å². The summed E-state index contributed by atoms with van der Waals surface area (Å²) in [5, 5.41) is 4.16. The standard InChI is InChI=1S/C24H29N3O3/c1-4-5-11-22-25-23(30-26-22)16-27-13-12-18-14-20(28-2)21(29-3)15-19(18)24(27)17-9-7-6-8-10-17/h6-10,14-15,24H,4-5,11-13,16H2,1-3H3/t24-/m1/s1. The summed E-state index contributed by atoms with van der Waals surface area (Å²) >= 11 is 0. The first-order valence-electron chi connectivity index (χ1n) is 10.6. The molecule has 0 saturated carbocycles. The van der Waals surface area contributed by atoms with Gasteiger partial charge in [0.25, 0.3) is 0 Å². The molecule has 3 aromatic rings. The summed E-state index contributed by atoms with van der Waals surface area (Å²) in [6.07, 6.45) is 3.98. The van der Waals surface area contributed by atoms with Crippen molar-refractivity contribution in [2.45, 2.75) is 45.2 Å². The van der Waals surface area contributed by atoms with E-state index in [1.165, 1.54) is 16.7 Å². The van der Waals surface area contributed by atoms with Gasteiger partial charge in [-0.2, -0.15) is 4.98 Å². The summed E-state index contributed by atoms with van der Waals surface area (Å²) in [6, 6.07) is 14.9. The van der Waals surface area contributed by atoms with Gasteiger partial charge in [-0.05, 0) is 41.7 Å². The zero-order valence-corrected chi connectivity index (χ0v) is 17.9. The molecule has 0 bridgehead atoms. The van der Waals surface area contributed by atoms with E-state index in [4.69, 9.17) is 14.0 Å². The molecule has 4 rings (SSSR count). The molecule has 30 heavy (non-hydrogen) atoms. The number of rotatable bonds is 8. The molecule has 1 aromatic heterocycles. The minimum absolute atomic E-state index is 0.0840. The van der Waals surface area contributed by atoms with E-state index in [9.17, 15) is 0 Å². The van der Waals surface area contributed by atoms with Crippen LogP contribution in [0.5, 0.6) is 11.5 Å². The minimum Gasteiger partial charge on any atom is -0.493 e. The lowest BCUT2D eigenvalue weighted by Crippen LogP contribution is -2.35. The molecule has 0 aliphatic carbocycles. The second kappa shape index (κ2) is 9.30. The lowest BCUT2D eigenvalue weighted by atomic mass is 9.87. The number of aryl methyl sites for hydroxylation is 1. The van der Waals surface area contributed by atoms with Crippen LogP contribution in [-0.2, 0) is 19.4 Å². The van der Waals surface area contributed by atoms with E-state index in [1.807, 2.05) is 6.07 Å². The largest absolute Gasteiger partial charge is 0.493 e. The molecule has 6 nitrogen and oxygen atoms in total. The van der Waals surface area contributed by atoms with Gasteiger partial charge in [-0.25, -0.2) is 0 Å². The molecule has 1 aliphatic rings. The Balaban J connectivity index is 1.68. The van der Waals surface area contributed by atoms with Crippen LogP contribution in [0.4, 0.5) is 0 Å². The van der Waals surface area contributed by atoms with Gasteiger partial charge in [0.05, 0.1) is 26.8 Å². The zero-order valence-electron chi connectivity index (χ0n) is 17.9. The Morgan fingerprint density at radius 1 is 1.10 bits per heavy atom. The monoisotopic (exact) mass is 407 g/mol. The number of aromatic nitrogens is 2. The lowest BCUT2D eigenvalue weighted by molar-refractivity contribution is 0.177. The maximum atomic E-state index is 5.60. The van der Waals surface area contributed by atoms with E-state index in [2.05, 4.69) is 58.4 Å². The second-order valence-corrected chi connectivity index (χ2v) is 7.65. The average molecular weight is 408 g/mol. The SMILES string of the molecule is CCCCc1noc(CN2CCc3cc(OC)c(OC)cc3[C@H]2c2ccccc2)n1. The molecule has 0 fully saturated rings. The zero-order chi connectivity index (χ0) is 20.9. The van der Waals surface area contributed by atoms with E-state index < -0.39 is 0 Å². The first kappa shape index (κ1) is 20.4. The smallest absolute Gasteiger partial charge is 0.240 e. The van der Waals surface area contributed by atoms with Crippen LogP contribution in [0.25, 0.3) is 0 Å². The number of hydrogen-bond donors (Lipinski definition) is 0. The first-order valence-corrected chi connectivity index (χ1v) is 10.6. The summed E-state index contributed by atoms with van der Waals surface area (Å²) < 4.78 is 16.7. The highest BCUT2D eigenvalue weighted by molar-refractivity contribution is 5.51. The van der Waals surface area contributed by atoms with E-state index in [0.717, 1.165) is 49.6 Å². The van der Waals surface area contributed by atoms with Crippen LogP contribution in [0.3, 0.4) is 0 Å². The van der Waals surface area contributed by atoms with Gasteiger partial charge >= 0.3 is 0 Å². The van der Waals surface area contributed by atoms with Gasteiger partial charge in [0.15, 0.2) is 17.3 Å². The summed E-state index contributed by atoms with van der Waals surface area (Å²) in [5.41, 5.74) is 3.75. The highest BCUT2D eigenvalue weighted by Crippen LogP contribution is 2.41. The fourth-order valence-electron chi connectivity index (χ4n) is 4.16. The number of unbranched alkanes of at least 4 members (excludes halogenated alkanes) is 1. The van der Waals surface area contributed by atoms with Crippen LogP contribution in [-0.4, -0.2) is 35.8 Å². The normalized spacial score (nSPS) is 16.3. The Labute approximate surface area is 177 Å². The molecule has 1 atom stereocenters. The number of ether oxygens (including phenoxy) is 2. The quantitative estimate of drug-likeness (QED) is 0.545. The van der Waals surface area contributed by atoms with Crippen molar-refractivity contribution in [3.05, 3.63) is 70.9 Å². The third kappa shape index (κ3) is 4.19. The Kier molecular flexibility index (Phi) is 6.33. The number of benzene rings is 2. The fourth-order valence-corrected chi connectivity index (χ4v) is 4.16. The summed E-state index contributed by atoms with van der Waals surface area (Å²) in [5.74, 6) is 2.99. The van der Waals surface area contributed by atoms with Crippen LogP contribution in [0.1, 0.15) is 54.2 Å². The fraction of sp³-hybridized carbons (Fsp3) is 0.417. The Morgan fingerprint density at radius 3 is 2.60 bits per heavy atom. The highest BCUT2D eigenvalue weighted by Gasteiger charge is 2.31. The van der Waals surface area contributed by atoms with Gasteiger partial charge in [-0.1, -0.05) is 48.8 Å². The van der Waals surface area contributed by atoms with Crippen molar-refractivity contribution >= 4 is 0 Å². The van der Waals surface area contributed by atoms with Crippen molar-refractivity contribution in [3.8, 4) is 11.5 Å². The molecule has 2 heterocycles. The highest BCUT2D eigenvalue weighted by atomic mass is 16.5. The van der Waals surface area contributed by atoms with Crippen molar-refractivity contribution in [2.24, 2.45) is 0 Å². The molecule has 0 amide bonds. The molecule has 0 radical (unpaired) electrons. The van der Waals surface area contributed by atoms with E-state index in [0.29, 0.717) is 12.4 Å². The van der Waals surface area contributed by atoms with Crippen molar-refractivity contribution in [1.82, 2.24) is 15.0 Å². The van der Waals surface area contributed by atoms with Gasteiger partial charge in [0.2, 0.25) is 5.89 Å². The van der Waals surface area contributed by atoms with Crippen molar-refractivity contribution in [3.63, 3.8) is 0 Å². The second-order valence-electron chi connectivity index (χ2n) is 7.65. The molecule has 2 aromatic carbocycles. The third-order valence-electron chi connectivity index (χ3n) is 5.69. The van der Waals surface area contributed by atoms with E-state index in [1.54, 1.807) is 14.2 Å². The Bertz CT molecular complexity index is 971. The van der Waals surface area contributed by atoms with Crippen molar-refractivity contribution in [1.29, 1.82) is 0 Å². The molecular formula is C24H29N3O3. The maximum Gasteiger partial charge on any atom is 0.240 e. The lowest BCUT2D eigenvalue weighted by Gasteiger charge is -2.37. The van der Waals surface area contributed by atoms with Crippen molar-refractivity contribution in [2.75, 3.05) is 20.8 Å². The topological polar surface area (TPSA) is 60.6 Å². The van der Waals surface area contributed by atoms with Crippen molar-refractivity contribution < 1.29 is 14.0 Å². The van der Waals surface area contributed by atoms with Crippen LogP contribution in [0.2, 0.25) is 0 Å². The molecule has 1 aliphatic heterocycles. The maximum absolute atomic E-state index is 5.60. The molecule has 158 valence electrons. The van der Waals surface area contributed by atoms with Gasteiger partial charge in [-0.3, -0.25) is 4.90 Å². The van der Waals surface area contributed by atoms with Crippen LogP contribution in [0.15, 0.2) is 47.0 Å². The molecule has 0 unspecified atom stereocenters. The van der Waals surface area contributed by atoms with E-state index in [-0.39, 0.29) is 6.04 Å². The van der Waals surface area contributed by atoms with Gasteiger partial charge in [0, 0.05) is 13.0 Å². The number of nitrogens with zero attached hydrogens (tertiary/aromatic N) is 3. The average Bonchev–Trinajstić information content (AvgIpc) is 3.24. The number of methoxy groups -OCH3 is 2.